The van der Waals surface area contributed by atoms with Gasteiger partial charge in [0.2, 0.25) is 10.0 Å². The Morgan fingerprint density at radius 2 is 1.85 bits per heavy atom. The minimum atomic E-state index is -3.39. The maximum Gasteiger partial charge on any atom is 0.232 e. The zero-order valence-electron chi connectivity index (χ0n) is 12.2. The average Bonchev–Trinajstić information content (AvgIpc) is 2.35. The minimum Gasteiger partial charge on any atom is -0.494 e. The Labute approximate surface area is 121 Å². The first-order valence-corrected chi connectivity index (χ1v) is 8.51. The second-order valence-corrected chi connectivity index (χ2v) is 6.99. The number of hydrogen-bond acceptors (Lipinski definition) is 4. The number of hydrogen-bond donors (Lipinski definition) is 1. The number of nitrogens with zero attached hydrogens (tertiary/aromatic N) is 1. The van der Waals surface area contributed by atoms with Gasteiger partial charge in [0.1, 0.15) is 5.75 Å². The number of anilines is 1. The van der Waals surface area contributed by atoms with Crippen LogP contribution in [0.2, 0.25) is 0 Å². The van der Waals surface area contributed by atoms with Crippen molar-refractivity contribution in [2.75, 3.05) is 30.3 Å². The molecule has 0 bridgehead atoms. The van der Waals surface area contributed by atoms with E-state index in [0.717, 1.165) is 12.7 Å². The topological polar surface area (TPSA) is 66.8 Å². The molecule has 1 N–H and O–H groups in total. The van der Waals surface area contributed by atoms with Crippen LogP contribution in [0.25, 0.3) is 0 Å². The van der Waals surface area contributed by atoms with Crippen molar-refractivity contribution in [2.45, 2.75) is 20.3 Å². The summed E-state index contributed by atoms with van der Waals surface area (Å²) in [5, 5.41) is 8.95. The van der Waals surface area contributed by atoms with Gasteiger partial charge in [-0.1, -0.05) is 13.8 Å². The molecule has 0 atom stereocenters. The molecule has 0 aliphatic carbocycles. The van der Waals surface area contributed by atoms with E-state index in [1.807, 2.05) is 0 Å². The smallest absolute Gasteiger partial charge is 0.232 e. The summed E-state index contributed by atoms with van der Waals surface area (Å²) >= 11 is 0. The molecule has 5 nitrogen and oxygen atoms in total. The molecule has 0 spiro atoms. The van der Waals surface area contributed by atoms with Crippen LogP contribution in [0.5, 0.6) is 5.75 Å². The van der Waals surface area contributed by atoms with E-state index < -0.39 is 10.0 Å². The molecule has 0 aliphatic heterocycles. The average molecular weight is 301 g/mol. The molecule has 0 aliphatic rings. The van der Waals surface area contributed by atoms with E-state index in [1.54, 1.807) is 24.3 Å². The Morgan fingerprint density at radius 3 is 2.30 bits per heavy atom. The van der Waals surface area contributed by atoms with Crippen LogP contribution in [0.3, 0.4) is 0 Å². The maximum atomic E-state index is 11.6. The number of sulfonamides is 1. The largest absolute Gasteiger partial charge is 0.494 e. The van der Waals surface area contributed by atoms with Gasteiger partial charge in [-0.2, -0.15) is 0 Å². The van der Waals surface area contributed by atoms with Gasteiger partial charge in [-0.15, -0.1) is 0 Å². The molecule has 0 heterocycles. The van der Waals surface area contributed by atoms with Crippen LogP contribution in [0.1, 0.15) is 20.3 Å². The highest BCUT2D eigenvalue weighted by molar-refractivity contribution is 7.92. The number of aliphatic hydroxyl groups is 1. The van der Waals surface area contributed by atoms with E-state index in [1.165, 1.54) is 4.31 Å². The van der Waals surface area contributed by atoms with E-state index in [2.05, 4.69) is 13.8 Å². The lowest BCUT2D eigenvalue weighted by atomic mass is 10.1. The second kappa shape index (κ2) is 7.50. The van der Waals surface area contributed by atoms with Crippen molar-refractivity contribution < 1.29 is 18.3 Å². The predicted molar refractivity (Wildman–Crippen MR) is 80.7 cm³/mol. The molecule has 0 amide bonds. The molecule has 0 unspecified atom stereocenters. The van der Waals surface area contributed by atoms with Gasteiger partial charge in [0.05, 0.1) is 31.7 Å². The summed E-state index contributed by atoms with van der Waals surface area (Å²) in [5.74, 6) is 1.30. The Balaban J connectivity index is 2.73. The van der Waals surface area contributed by atoms with Gasteiger partial charge in [0.15, 0.2) is 0 Å². The van der Waals surface area contributed by atoms with E-state index in [-0.39, 0.29) is 13.2 Å². The monoisotopic (exact) mass is 301 g/mol. The number of aliphatic hydroxyl groups excluding tert-OH is 1. The molecule has 0 saturated heterocycles. The summed E-state index contributed by atoms with van der Waals surface area (Å²) in [6.45, 7) is 4.73. The number of benzene rings is 1. The molecule has 1 aromatic rings. The first kappa shape index (κ1) is 16.8. The first-order chi connectivity index (χ1) is 9.34. The molecule has 0 saturated carbocycles. The van der Waals surface area contributed by atoms with Crippen molar-refractivity contribution in [2.24, 2.45) is 5.92 Å². The quantitative estimate of drug-likeness (QED) is 0.796. The van der Waals surface area contributed by atoms with Crippen molar-refractivity contribution in [3.63, 3.8) is 0 Å². The maximum absolute atomic E-state index is 11.6. The van der Waals surface area contributed by atoms with Gasteiger partial charge in [-0.3, -0.25) is 4.31 Å². The predicted octanol–water partition coefficient (Wildman–Crippen LogP) is 1.87. The fourth-order valence-corrected chi connectivity index (χ4v) is 2.62. The molecular formula is C14H23NO4S. The lowest BCUT2D eigenvalue weighted by molar-refractivity contribution is 0.289. The molecule has 6 heteroatoms. The summed E-state index contributed by atoms with van der Waals surface area (Å²) in [6, 6.07) is 6.85. The van der Waals surface area contributed by atoms with Crippen LogP contribution in [0.15, 0.2) is 24.3 Å². The van der Waals surface area contributed by atoms with E-state index in [9.17, 15) is 8.42 Å². The number of rotatable bonds is 8. The van der Waals surface area contributed by atoms with Gasteiger partial charge in [0, 0.05) is 0 Å². The Kier molecular flexibility index (Phi) is 6.29. The van der Waals surface area contributed by atoms with Gasteiger partial charge in [0.25, 0.3) is 0 Å². The van der Waals surface area contributed by atoms with Crippen LogP contribution >= 0.6 is 0 Å². The third-order valence-electron chi connectivity index (χ3n) is 2.79. The Bertz CT molecular complexity index is 496. The van der Waals surface area contributed by atoms with Crippen LogP contribution in [0, 0.1) is 5.92 Å². The molecule has 1 rings (SSSR count). The summed E-state index contributed by atoms with van der Waals surface area (Å²) in [6.07, 6.45) is 2.09. The highest BCUT2D eigenvalue weighted by Crippen LogP contribution is 2.21. The summed E-state index contributed by atoms with van der Waals surface area (Å²) in [7, 11) is -3.39. The van der Waals surface area contributed by atoms with Crippen molar-refractivity contribution in [1.29, 1.82) is 0 Å². The lowest BCUT2D eigenvalue weighted by Crippen LogP contribution is -2.32. The van der Waals surface area contributed by atoms with E-state index in [4.69, 9.17) is 9.84 Å². The first-order valence-electron chi connectivity index (χ1n) is 6.66. The third-order valence-corrected chi connectivity index (χ3v) is 3.99. The fourth-order valence-electron chi connectivity index (χ4n) is 1.70. The molecule has 20 heavy (non-hydrogen) atoms. The van der Waals surface area contributed by atoms with E-state index >= 15 is 0 Å². The molecule has 0 radical (unpaired) electrons. The molecule has 1 aromatic carbocycles. The van der Waals surface area contributed by atoms with Gasteiger partial charge < -0.3 is 9.84 Å². The zero-order chi connectivity index (χ0) is 15.2. The summed E-state index contributed by atoms with van der Waals surface area (Å²) < 4.78 is 30.0. The van der Waals surface area contributed by atoms with E-state index in [0.29, 0.717) is 24.0 Å². The molecule has 114 valence electrons. The fraction of sp³-hybridized carbons (Fsp3) is 0.571. The normalized spacial score (nSPS) is 11.7. The summed E-state index contributed by atoms with van der Waals surface area (Å²) in [5.41, 5.74) is 0.526. The lowest BCUT2D eigenvalue weighted by Gasteiger charge is -2.21. The Morgan fingerprint density at radius 1 is 1.25 bits per heavy atom. The second-order valence-electron chi connectivity index (χ2n) is 5.08. The van der Waals surface area contributed by atoms with Crippen LogP contribution in [-0.2, 0) is 10.0 Å². The number of ether oxygens (including phenoxy) is 1. The Hall–Kier alpha value is -1.27. The molecular weight excluding hydrogens is 278 g/mol. The highest BCUT2D eigenvalue weighted by atomic mass is 32.2. The SMILES string of the molecule is CC(C)CCOc1ccc(N(CCO)S(C)(=O)=O)cc1. The molecule has 0 aromatic heterocycles. The van der Waals surface area contributed by atoms with Crippen molar-refractivity contribution in [1.82, 2.24) is 0 Å². The highest BCUT2D eigenvalue weighted by Gasteiger charge is 2.16. The standard InChI is InChI=1S/C14H23NO4S/c1-12(2)8-11-19-14-6-4-13(5-7-14)15(9-10-16)20(3,17)18/h4-7,12,16H,8-11H2,1-3H3. The van der Waals surface area contributed by atoms with Crippen molar-refractivity contribution in [3.8, 4) is 5.75 Å². The van der Waals surface area contributed by atoms with Gasteiger partial charge in [-0.05, 0) is 36.6 Å². The minimum absolute atomic E-state index is 0.0480. The van der Waals surface area contributed by atoms with Crippen LogP contribution in [-0.4, -0.2) is 39.5 Å². The van der Waals surface area contributed by atoms with Crippen LogP contribution in [0.4, 0.5) is 5.69 Å². The van der Waals surface area contributed by atoms with Crippen molar-refractivity contribution in [3.05, 3.63) is 24.3 Å². The van der Waals surface area contributed by atoms with Crippen molar-refractivity contribution >= 4 is 15.7 Å². The van der Waals surface area contributed by atoms with Crippen LogP contribution < -0.4 is 9.04 Å². The molecule has 0 fully saturated rings. The summed E-state index contributed by atoms with van der Waals surface area (Å²) in [4.78, 5) is 0. The van der Waals surface area contributed by atoms with Gasteiger partial charge in [-0.25, -0.2) is 8.42 Å². The zero-order valence-corrected chi connectivity index (χ0v) is 13.1. The third kappa shape index (κ3) is 5.38. The van der Waals surface area contributed by atoms with Gasteiger partial charge >= 0.3 is 0 Å².